The zero-order valence-electron chi connectivity index (χ0n) is 12.2. The molecule has 0 aromatic carbocycles. The molecule has 2 rings (SSSR count). The number of imidazole rings is 1. The minimum atomic E-state index is -4.27. The number of hydrogen-bond acceptors (Lipinski definition) is 6. The van der Waals surface area contributed by atoms with Crippen molar-refractivity contribution in [1.29, 1.82) is 5.41 Å². The topological polar surface area (TPSA) is 202 Å². The molecule has 0 unspecified atom stereocenters. The molecule has 1 atom stereocenters. The van der Waals surface area contributed by atoms with Crippen molar-refractivity contribution in [3.05, 3.63) is 11.9 Å². The molecule has 0 aliphatic carbocycles. The number of nitrogens with one attached hydrogen (secondary N) is 2. The number of nitrogen functional groups attached to an aromatic ring is 1. The molecule has 0 aliphatic heterocycles. The van der Waals surface area contributed by atoms with E-state index in [1.807, 2.05) is 0 Å². The number of nitrogens with zero attached hydrogens (tertiary/aromatic N) is 4. The van der Waals surface area contributed by atoms with E-state index in [9.17, 15) is 4.57 Å². The lowest BCUT2D eigenvalue weighted by Crippen LogP contribution is -2.32. The van der Waals surface area contributed by atoms with Gasteiger partial charge in [-0.25, -0.2) is 4.98 Å². The molecule has 0 spiro atoms. The Labute approximate surface area is 129 Å². The third kappa shape index (κ3) is 4.36. The maximum atomic E-state index is 10.9. The average molecular weight is 344 g/mol. The monoisotopic (exact) mass is 344 g/mol. The summed E-state index contributed by atoms with van der Waals surface area (Å²) in [6.45, 7) is 1.75. The van der Waals surface area contributed by atoms with Crippen LogP contribution in [0.2, 0.25) is 0 Å². The summed E-state index contributed by atoms with van der Waals surface area (Å²) in [5, 5.41) is 7.27. The summed E-state index contributed by atoms with van der Waals surface area (Å²) in [7, 11) is -4.27. The Hall–Kier alpha value is -2.27. The Morgan fingerprint density at radius 3 is 2.96 bits per heavy atom. The van der Waals surface area contributed by atoms with E-state index in [-0.39, 0.29) is 18.0 Å². The van der Waals surface area contributed by atoms with Crippen molar-refractivity contribution in [2.75, 3.05) is 12.1 Å². The fourth-order valence-electron chi connectivity index (χ4n) is 1.89. The molecule has 12 nitrogen and oxygen atoms in total. The second kappa shape index (κ2) is 6.46. The second-order valence-corrected chi connectivity index (χ2v) is 6.36. The smallest absolute Gasteiger partial charge is 0.350 e. The minimum absolute atomic E-state index is 0.0428. The highest BCUT2D eigenvalue weighted by molar-refractivity contribution is 7.51. The van der Waals surface area contributed by atoms with Gasteiger partial charge >= 0.3 is 7.60 Å². The molecular weight excluding hydrogens is 327 g/mol. The highest BCUT2D eigenvalue weighted by Gasteiger charge is 2.18. The van der Waals surface area contributed by atoms with Gasteiger partial charge in [-0.3, -0.25) is 14.5 Å². The molecule has 0 saturated heterocycles. The zero-order valence-corrected chi connectivity index (χ0v) is 13.1. The van der Waals surface area contributed by atoms with Crippen molar-refractivity contribution in [3.63, 3.8) is 0 Å². The quantitative estimate of drug-likeness (QED) is 0.217. The Morgan fingerprint density at radius 2 is 2.35 bits per heavy atom. The van der Waals surface area contributed by atoms with Gasteiger partial charge in [0.15, 0.2) is 11.5 Å². The molecule has 126 valence electrons. The van der Waals surface area contributed by atoms with Crippen LogP contribution < -0.4 is 17.1 Å². The summed E-state index contributed by atoms with van der Waals surface area (Å²) in [6.07, 6.45) is 0.122. The van der Waals surface area contributed by atoms with Crippen LogP contribution in [0.1, 0.15) is 6.92 Å². The predicted octanol–water partition coefficient (Wildman–Crippen LogP) is -1.32. The molecule has 0 aliphatic rings. The van der Waals surface area contributed by atoms with Gasteiger partial charge in [0.25, 0.3) is 0 Å². The fourth-order valence-corrected chi connectivity index (χ4v) is 2.34. The maximum Gasteiger partial charge on any atom is 0.350 e. The van der Waals surface area contributed by atoms with Crippen LogP contribution in [0.15, 0.2) is 11.3 Å². The first kappa shape index (κ1) is 17.1. The van der Waals surface area contributed by atoms with E-state index >= 15 is 0 Å². The Kier molecular flexibility index (Phi) is 4.80. The van der Waals surface area contributed by atoms with Crippen molar-refractivity contribution in [2.45, 2.75) is 19.6 Å². The van der Waals surface area contributed by atoms with Gasteiger partial charge in [-0.2, -0.15) is 9.98 Å². The van der Waals surface area contributed by atoms with Crippen molar-refractivity contribution >= 4 is 30.5 Å². The van der Waals surface area contributed by atoms with E-state index in [0.29, 0.717) is 11.2 Å². The van der Waals surface area contributed by atoms with Gasteiger partial charge in [0.05, 0.1) is 19.0 Å². The molecule has 0 fully saturated rings. The molecule has 8 N–H and O–H groups in total. The van der Waals surface area contributed by atoms with Crippen LogP contribution in [0.25, 0.3) is 11.2 Å². The Bertz CT molecular complexity index is 837. The van der Waals surface area contributed by atoms with Crippen molar-refractivity contribution in [3.8, 4) is 0 Å². The van der Waals surface area contributed by atoms with Gasteiger partial charge < -0.3 is 31.0 Å². The van der Waals surface area contributed by atoms with Crippen LogP contribution in [0, 0.1) is 5.41 Å². The molecule has 23 heavy (non-hydrogen) atoms. The fraction of sp³-hybridized carbons (Fsp3) is 0.400. The largest absolute Gasteiger partial charge is 0.382 e. The molecule has 2 aromatic rings. The summed E-state index contributed by atoms with van der Waals surface area (Å²) in [5.41, 5.74) is 12.0. The number of aromatic amines is 1. The first-order chi connectivity index (χ1) is 10.7. The molecule has 0 radical (unpaired) electrons. The number of nitrogens with two attached hydrogens (primary N) is 2. The van der Waals surface area contributed by atoms with E-state index in [0.717, 1.165) is 0 Å². The predicted molar refractivity (Wildman–Crippen MR) is 81.2 cm³/mol. The van der Waals surface area contributed by atoms with Gasteiger partial charge in [-0.15, -0.1) is 0 Å². The lowest BCUT2D eigenvalue weighted by atomic mass is 10.4. The number of ether oxygens (including phenoxy) is 1. The van der Waals surface area contributed by atoms with Crippen LogP contribution in [0.3, 0.4) is 0 Å². The Morgan fingerprint density at radius 1 is 1.65 bits per heavy atom. The third-order valence-corrected chi connectivity index (χ3v) is 3.27. The van der Waals surface area contributed by atoms with E-state index in [4.69, 9.17) is 31.4 Å². The standard InChI is InChI=1S/C10H17N8O4P/c1-5(22-4-23(19,20)21)2-18-8-6(14-3-15-8)7(11)16-10(18)17-9(12)13/h3,5H,2,4H2,1H3,(H,14,15)(H2,19,20,21)(H5,11,12,13,16,17)/t5-/m0/s1. The highest BCUT2D eigenvalue weighted by Crippen LogP contribution is 2.34. The molecule has 0 saturated carbocycles. The second-order valence-electron chi connectivity index (χ2n) is 4.78. The summed E-state index contributed by atoms with van der Waals surface area (Å²) in [6, 6.07) is 0. The van der Waals surface area contributed by atoms with Crippen LogP contribution in [-0.2, 0) is 15.8 Å². The molecule has 2 aromatic heterocycles. The maximum absolute atomic E-state index is 10.9. The van der Waals surface area contributed by atoms with Gasteiger partial charge in [0.2, 0.25) is 11.6 Å². The minimum Gasteiger partial charge on any atom is -0.382 e. The van der Waals surface area contributed by atoms with E-state index in [1.54, 1.807) is 6.92 Å². The first-order valence-corrected chi connectivity index (χ1v) is 8.21. The molecule has 0 bridgehead atoms. The number of H-pyrrole nitrogens is 1. The summed E-state index contributed by atoms with van der Waals surface area (Å²) in [5.74, 6) is -0.332. The van der Waals surface area contributed by atoms with Crippen LogP contribution in [-0.4, -0.2) is 47.7 Å². The van der Waals surface area contributed by atoms with Gasteiger partial charge in [-0.05, 0) is 6.92 Å². The average Bonchev–Trinajstić information content (AvgIpc) is 2.89. The van der Waals surface area contributed by atoms with Gasteiger partial charge in [0, 0.05) is 0 Å². The van der Waals surface area contributed by atoms with Crippen LogP contribution in [0.5, 0.6) is 0 Å². The lowest BCUT2D eigenvalue weighted by Gasteiger charge is -2.16. The van der Waals surface area contributed by atoms with Gasteiger partial charge in [0.1, 0.15) is 11.9 Å². The summed E-state index contributed by atoms with van der Waals surface area (Å²) >= 11 is 0. The number of anilines is 1. The number of rotatable bonds is 5. The van der Waals surface area contributed by atoms with Crippen molar-refractivity contribution in [1.82, 2.24) is 19.5 Å². The van der Waals surface area contributed by atoms with Crippen LogP contribution in [0.4, 0.5) is 5.82 Å². The normalized spacial score (nSPS) is 14.3. The molecular formula is C10H17N8O4P. The van der Waals surface area contributed by atoms with Crippen molar-refractivity contribution < 1.29 is 19.1 Å². The first-order valence-electron chi connectivity index (χ1n) is 6.41. The summed E-state index contributed by atoms with van der Waals surface area (Å²) < 4.78 is 17.5. The molecule has 2 heterocycles. The Balaban J connectivity index is 2.42. The van der Waals surface area contributed by atoms with E-state index in [2.05, 4.69) is 19.9 Å². The summed E-state index contributed by atoms with van der Waals surface area (Å²) in [4.78, 5) is 32.5. The SMILES string of the molecule is C[C@@H](Cn1/c(=N\C(=N)N)nc(N)c2[nH]cnc21)OCP(=O)(O)O. The molecule has 0 amide bonds. The van der Waals surface area contributed by atoms with E-state index < -0.39 is 26.0 Å². The number of fused-ring (bicyclic) bond motifs is 1. The molecule has 13 heteroatoms. The number of hydrogen-bond donors (Lipinski definition) is 6. The van der Waals surface area contributed by atoms with Crippen molar-refractivity contribution in [2.24, 2.45) is 10.7 Å². The van der Waals surface area contributed by atoms with Gasteiger partial charge in [-0.1, -0.05) is 0 Å². The third-order valence-electron chi connectivity index (χ3n) is 2.78. The zero-order chi connectivity index (χ0) is 17.2. The number of guanidine groups is 1. The van der Waals surface area contributed by atoms with Crippen LogP contribution >= 0.6 is 7.60 Å². The van der Waals surface area contributed by atoms with E-state index in [1.165, 1.54) is 10.9 Å². The number of aromatic nitrogens is 4. The lowest BCUT2D eigenvalue weighted by molar-refractivity contribution is 0.0754. The highest BCUT2D eigenvalue weighted by atomic mass is 31.2.